The summed E-state index contributed by atoms with van der Waals surface area (Å²) in [5.74, 6) is 0.455. The normalized spacial score (nSPS) is 17.7. The third-order valence-electron chi connectivity index (χ3n) is 3.23. The molecular formula is C13H24NO. The van der Waals surface area contributed by atoms with E-state index < -0.39 is 0 Å². The maximum atomic E-state index is 11.7. The zero-order chi connectivity index (χ0) is 10.9. The van der Waals surface area contributed by atoms with E-state index in [1.807, 2.05) is 0 Å². The molecule has 1 aliphatic carbocycles. The SMILES string of the molecule is CCCCCC[N]C(=O)C1CCCCC1. The second kappa shape index (κ2) is 7.72. The van der Waals surface area contributed by atoms with Crippen LogP contribution in [0.25, 0.3) is 0 Å². The van der Waals surface area contributed by atoms with E-state index in [1.165, 1.54) is 38.5 Å². The number of carbonyl (C=O) groups excluding carboxylic acids is 1. The molecule has 1 saturated carbocycles. The average Bonchev–Trinajstić information content (AvgIpc) is 2.30. The van der Waals surface area contributed by atoms with Gasteiger partial charge in [0.05, 0.1) is 0 Å². The number of carbonyl (C=O) groups is 1. The fourth-order valence-corrected chi connectivity index (χ4v) is 2.21. The molecule has 1 fully saturated rings. The van der Waals surface area contributed by atoms with Gasteiger partial charge < -0.3 is 0 Å². The van der Waals surface area contributed by atoms with Crippen molar-refractivity contribution < 1.29 is 4.79 Å². The molecule has 0 aromatic rings. The first kappa shape index (κ1) is 12.5. The van der Waals surface area contributed by atoms with E-state index >= 15 is 0 Å². The van der Waals surface area contributed by atoms with Crippen LogP contribution < -0.4 is 5.32 Å². The molecule has 2 nitrogen and oxygen atoms in total. The Kier molecular flexibility index (Phi) is 6.45. The fraction of sp³-hybridized carbons (Fsp3) is 0.923. The molecule has 0 N–H and O–H groups in total. The van der Waals surface area contributed by atoms with Gasteiger partial charge in [-0.2, -0.15) is 0 Å². The molecule has 0 heterocycles. The van der Waals surface area contributed by atoms with Crippen LogP contribution >= 0.6 is 0 Å². The zero-order valence-electron chi connectivity index (χ0n) is 10.0. The van der Waals surface area contributed by atoms with Crippen LogP contribution in [-0.4, -0.2) is 12.5 Å². The number of unbranched alkanes of at least 4 members (excludes halogenated alkanes) is 3. The van der Waals surface area contributed by atoms with E-state index in [4.69, 9.17) is 0 Å². The maximum Gasteiger partial charge on any atom is 0.244 e. The highest BCUT2D eigenvalue weighted by atomic mass is 16.1. The second-order valence-electron chi connectivity index (χ2n) is 4.62. The van der Waals surface area contributed by atoms with E-state index in [9.17, 15) is 4.79 Å². The summed E-state index contributed by atoms with van der Waals surface area (Å²) in [7, 11) is 0. The molecule has 1 aliphatic rings. The largest absolute Gasteiger partial charge is 0.273 e. The van der Waals surface area contributed by atoms with E-state index in [0.29, 0.717) is 0 Å². The molecule has 0 aromatic heterocycles. The zero-order valence-corrected chi connectivity index (χ0v) is 10.0. The Bertz CT molecular complexity index is 173. The lowest BCUT2D eigenvalue weighted by molar-refractivity contribution is -0.126. The van der Waals surface area contributed by atoms with Crippen LogP contribution in [-0.2, 0) is 4.79 Å². The molecule has 0 aliphatic heterocycles. The Morgan fingerprint density at radius 1 is 1.13 bits per heavy atom. The van der Waals surface area contributed by atoms with Gasteiger partial charge in [0.1, 0.15) is 0 Å². The van der Waals surface area contributed by atoms with Gasteiger partial charge in [-0.25, -0.2) is 0 Å². The van der Waals surface area contributed by atoms with Gasteiger partial charge in [0.15, 0.2) is 0 Å². The topological polar surface area (TPSA) is 31.2 Å². The molecule has 0 spiro atoms. The van der Waals surface area contributed by atoms with Crippen LogP contribution in [0.4, 0.5) is 0 Å². The van der Waals surface area contributed by atoms with Gasteiger partial charge in [-0.3, -0.25) is 10.1 Å². The van der Waals surface area contributed by atoms with Crippen molar-refractivity contribution in [2.24, 2.45) is 5.92 Å². The summed E-state index contributed by atoms with van der Waals surface area (Å²) < 4.78 is 0. The van der Waals surface area contributed by atoms with Crippen molar-refractivity contribution >= 4 is 5.91 Å². The third kappa shape index (κ3) is 5.19. The van der Waals surface area contributed by atoms with Crippen molar-refractivity contribution in [3.05, 3.63) is 0 Å². The lowest BCUT2D eigenvalue weighted by atomic mass is 9.89. The summed E-state index contributed by atoms with van der Waals surface area (Å²) in [6.45, 7) is 2.96. The van der Waals surface area contributed by atoms with Gasteiger partial charge in [0, 0.05) is 12.5 Å². The van der Waals surface area contributed by atoms with Crippen LogP contribution in [0.5, 0.6) is 0 Å². The molecule has 87 valence electrons. The number of hydrogen-bond donors (Lipinski definition) is 0. The smallest absolute Gasteiger partial charge is 0.244 e. The lowest BCUT2D eigenvalue weighted by Gasteiger charge is -2.19. The van der Waals surface area contributed by atoms with Crippen LogP contribution in [0.1, 0.15) is 64.7 Å². The molecule has 1 radical (unpaired) electrons. The summed E-state index contributed by atoms with van der Waals surface area (Å²) in [6.07, 6.45) is 10.7. The van der Waals surface area contributed by atoms with Gasteiger partial charge in [0.25, 0.3) is 0 Å². The highest BCUT2D eigenvalue weighted by molar-refractivity contribution is 5.78. The van der Waals surface area contributed by atoms with Crippen LogP contribution in [0, 0.1) is 5.92 Å². The van der Waals surface area contributed by atoms with Crippen LogP contribution in [0.15, 0.2) is 0 Å². The molecular weight excluding hydrogens is 186 g/mol. The summed E-state index contributed by atoms with van der Waals surface area (Å²) in [5.41, 5.74) is 0. The number of amides is 1. The fourth-order valence-electron chi connectivity index (χ4n) is 2.21. The molecule has 0 bridgehead atoms. The van der Waals surface area contributed by atoms with Crippen molar-refractivity contribution in [1.29, 1.82) is 0 Å². The Labute approximate surface area is 93.8 Å². The van der Waals surface area contributed by atoms with E-state index in [0.717, 1.165) is 25.8 Å². The van der Waals surface area contributed by atoms with E-state index in [-0.39, 0.29) is 11.8 Å². The molecule has 0 saturated heterocycles. The van der Waals surface area contributed by atoms with E-state index in [1.54, 1.807) is 0 Å². The number of rotatable bonds is 6. The molecule has 1 amide bonds. The van der Waals surface area contributed by atoms with Crippen LogP contribution in [0.2, 0.25) is 0 Å². The molecule has 0 unspecified atom stereocenters. The summed E-state index contributed by atoms with van der Waals surface area (Å²) in [4.78, 5) is 11.7. The standard InChI is InChI=1S/C13H24NO/c1-2-3-4-8-11-14-13(15)12-9-6-5-7-10-12/h12H,2-11H2,1H3. The molecule has 0 atom stereocenters. The molecule has 1 rings (SSSR count). The summed E-state index contributed by atoms with van der Waals surface area (Å²) in [5, 5.41) is 4.18. The first-order valence-electron chi connectivity index (χ1n) is 6.56. The Hall–Kier alpha value is -0.530. The van der Waals surface area contributed by atoms with Crippen molar-refractivity contribution in [3.8, 4) is 0 Å². The molecule has 2 heteroatoms. The van der Waals surface area contributed by atoms with E-state index in [2.05, 4.69) is 12.2 Å². The monoisotopic (exact) mass is 210 g/mol. The first-order valence-corrected chi connectivity index (χ1v) is 6.56. The predicted octanol–water partition coefficient (Wildman–Crippen LogP) is 3.28. The van der Waals surface area contributed by atoms with Crippen LogP contribution in [0.3, 0.4) is 0 Å². The van der Waals surface area contributed by atoms with Gasteiger partial charge in [-0.1, -0.05) is 45.4 Å². The Morgan fingerprint density at radius 3 is 2.53 bits per heavy atom. The number of nitrogens with zero attached hydrogens (tertiary/aromatic N) is 1. The second-order valence-corrected chi connectivity index (χ2v) is 4.62. The average molecular weight is 210 g/mol. The number of hydrogen-bond acceptors (Lipinski definition) is 1. The summed E-state index contributed by atoms with van der Waals surface area (Å²) >= 11 is 0. The highest BCUT2D eigenvalue weighted by Gasteiger charge is 2.21. The van der Waals surface area contributed by atoms with Crippen molar-refractivity contribution in [3.63, 3.8) is 0 Å². The van der Waals surface area contributed by atoms with Gasteiger partial charge in [-0.15, -0.1) is 0 Å². The quantitative estimate of drug-likeness (QED) is 0.619. The Balaban J connectivity index is 2.02. The van der Waals surface area contributed by atoms with Crippen molar-refractivity contribution in [2.75, 3.05) is 6.54 Å². The van der Waals surface area contributed by atoms with Crippen molar-refractivity contribution in [1.82, 2.24) is 5.32 Å². The van der Waals surface area contributed by atoms with Gasteiger partial charge >= 0.3 is 0 Å². The minimum Gasteiger partial charge on any atom is -0.273 e. The third-order valence-corrected chi connectivity index (χ3v) is 3.23. The Morgan fingerprint density at radius 2 is 1.87 bits per heavy atom. The highest BCUT2D eigenvalue weighted by Crippen LogP contribution is 2.23. The predicted molar refractivity (Wildman–Crippen MR) is 62.7 cm³/mol. The maximum absolute atomic E-state index is 11.7. The minimum absolute atomic E-state index is 0.186. The van der Waals surface area contributed by atoms with Gasteiger partial charge in [-0.05, 0) is 19.3 Å². The molecule has 0 aromatic carbocycles. The lowest BCUT2D eigenvalue weighted by Crippen LogP contribution is -2.27. The summed E-state index contributed by atoms with van der Waals surface area (Å²) in [6, 6.07) is 0. The minimum atomic E-state index is 0.186. The van der Waals surface area contributed by atoms with Crippen molar-refractivity contribution in [2.45, 2.75) is 64.7 Å². The van der Waals surface area contributed by atoms with Gasteiger partial charge in [0.2, 0.25) is 5.91 Å². The molecule has 15 heavy (non-hydrogen) atoms. The first-order chi connectivity index (χ1) is 7.34.